The zero-order chi connectivity index (χ0) is 25.8. The number of morpholine rings is 1. The van der Waals surface area contributed by atoms with Crippen LogP contribution in [0.2, 0.25) is 5.02 Å². The van der Waals surface area contributed by atoms with Gasteiger partial charge in [0, 0.05) is 49.1 Å². The highest BCUT2D eigenvalue weighted by atomic mass is 35.5. The van der Waals surface area contributed by atoms with Crippen LogP contribution in [0.4, 0.5) is 0 Å². The van der Waals surface area contributed by atoms with E-state index in [1.807, 2.05) is 48.5 Å². The van der Waals surface area contributed by atoms with Gasteiger partial charge < -0.3 is 14.4 Å². The summed E-state index contributed by atoms with van der Waals surface area (Å²) in [5.41, 5.74) is 2.52. The second-order valence-electron chi connectivity index (χ2n) is 9.75. The van der Waals surface area contributed by atoms with Gasteiger partial charge in [-0.15, -0.1) is 0 Å². The van der Waals surface area contributed by atoms with Crippen molar-refractivity contribution in [1.82, 2.24) is 14.8 Å². The first-order chi connectivity index (χ1) is 18.0. The molecule has 0 radical (unpaired) electrons. The number of hydrogen-bond acceptors (Lipinski definition) is 6. The lowest BCUT2D eigenvalue weighted by Gasteiger charge is -2.31. The average Bonchev–Trinajstić information content (AvgIpc) is 3.69. The van der Waals surface area contributed by atoms with Crippen LogP contribution in [0, 0.1) is 5.92 Å². The molecular weight excluding hydrogens is 492 g/mol. The SMILES string of the molecule is COc1cccc(C2=NN(C(=O)CN(CCN3CCOCC3)C(=O)C3CC3)C(c3ccccc3Cl)C2)c1. The molecule has 0 bridgehead atoms. The zero-order valence-electron chi connectivity index (χ0n) is 21.1. The number of methoxy groups -OCH3 is 1. The van der Waals surface area contributed by atoms with Crippen LogP contribution in [-0.2, 0) is 14.3 Å². The number of nitrogens with zero attached hydrogens (tertiary/aromatic N) is 4. The van der Waals surface area contributed by atoms with Crippen LogP contribution in [-0.4, -0.2) is 85.4 Å². The van der Waals surface area contributed by atoms with Gasteiger partial charge in [0.2, 0.25) is 5.91 Å². The number of rotatable bonds is 9. The van der Waals surface area contributed by atoms with Gasteiger partial charge in [0.05, 0.1) is 32.1 Å². The summed E-state index contributed by atoms with van der Waals surface area (Å²) in [5, 5.41) is 6.89. The van der Waals surface area contributed by atoms with Crippen LogP contribution in [0.15, 0.2) is 53.6 Å². The molecule has 1 saturated heterocycles. The van der Waals surface area contributed by atoms with Crippen molar-refractivity contribution in [1.29, 1.82) is 0 Å². The molecule has 2 amide bonds. The molecule has 5 rings (SSSR count). The quantitative estimate of drug-likeness (QED) is 0.501. The first kappa shape index (κ1) is 25.7. The van der Waals surface area contributed by atoms with E-state index in [1.54, 1.807) is 12.0 Å². The number of halogens is 1. The standard InChI is InChI=1S/C28H33ClN4O4/c1-36-22-6-4-5-21(17-22)25-18-26(23-7-2-3-8-24(23)29)33(30-25)27(34)19-32(28(35)20-9-10-20)12-11-31-13-15-37-16-14-31/h2-8,17,20,26H,9-16,18-19H2,1H3. The molecule has 2 aromatic carbocycles. The van der Waals surface area contributed by atoms with Gasteiger partial charge in [-0.1, -0.05) is 41.9 Å². The molecule has 1 aliphatic carbocycles. The lowest BCUT2D eigenvalue weighted by atomic mass is 9.98. The van der Waals surface area contributed by atoms with Crippen molar-refractivity contribution in [3.05, 3.63) is 64.7 Å². The highest BCUT2D eigenvalue weighted by Crippen LogP contribution is 2.37. The van der Waals surface area contributed by atoms with E-state index in [-0.39, 0.29) is 30.3 Å². The van der Waals surface area contributed by atoms with Crippen LogP contribution in [0.1, 0.15) is 36.4 Å². The predicted octanol–water partition coefficient (Wildman–Crippen LogP) is 3.60. The number of amides is 2. The predicted molar refractivity (Wildman–Crippen MR) is 142 cm³/mol. The molecule has 0 spiro atoms. The van der Waals surface area contributed by atoms with Gasteiger partial charge in [0.15, 0.2) is 0 Å². The lowest BCUT2D eigenvalue weighted by molar-refractivity contribution is -0.142. The molecule has 37 heavy (non-hydrogen) atoms. The molecule has 1 unspecified atom stereocenters. The largest absolute Gasteiger partial charge is 0.497 e. The first-order valence-electron chi connectivity index (χ1n) is 12.9. The van der Waals surface area contributed by atoms with E-state index >= 15 is 0 Å². The van der Waals surface area contributed by atoms with Gasteiger partial charge in [-0.25, -0.2) is 5.01 Å². The normalized spacial score (nSPS) is 20.0. The Kier molecular flexibility index (Phi) is 8.08. The number of hydrogen-bond donors (Lipinski definition) is 0. The molecule has 1 saturated carbocycles. The summed E-state index contributed by atoms with van der Waals surface area (Å²) >= 11 is 6.57. The second-order valence-corrected chi connectivity index (χ2v) is 10.2. The van der Waals surface area contributed by atoms with Crippen LogP contribution >= 0.6 is 11.6 Å². The molecule has 2 fully saturated rings. The van der Waals surface area contributed by atoms with E-state index in [4.69, 9.17) is 26.2 Å². The Labute approximate surface area is 222 Å². The minimum atomic E-state index is -0.348. The summed E-state index contributed by atoms with van der Waals surface area (Å²) in [6.07, 6.45) is 2.31. The maximum absolute atomic E-state index is 13.8. The lowest BCUT2D eigenvalue weighted by Crippen LogP contribution is -2.47. The average molecular weight is 525 g/mol. The van der Waals surface area contributed by atoms with E-state index in [0.717, 1.165) is 55.1 Å². The highest BCUT2D eigenvalue weighted by Gasteiger charge is 2.38. The monoisotopic (exact) mass is 524 g/mol. The Balaban J connectivity index is 1.38. The summed E-state index contributed by atoms with van der Waals surface area (Å²) in [7, 11) is 1.63. The number of ether oxygens (including phenoxy) is 2. The third-order valence-electron chi connectivity index (χ3n) is 7.19. The van der Waals surface area contributed by atoms with Gasteiger partial charge in [-0.3, -0.25) is 14.5 Å². The molecule has 196 valence electrons. The maximum Gasteiger partial charge on any atom is 0.262 e. The first-order valence-corrected chi connectivity index (χ1v) is 13.3. The van der Waals surface area contributed by atoms with Crippen LogP contribution in [0.5, 0.6) is 5.75 Å². The molecule has 2 heterocycles. The molecular formula is C28H33ClN4O4. The number of hydrazone groups is 1. The summed E-state index contributed by atoms with van der Waals surface area (Å²) in [6.45, 7) is 4.31. The van der Waals surface area contributed by atoms with Crippen LogP contribution in [0.3, 0.4) is 0 Å². The van der Waals surface area contributed by atoms with Crippen molar-refractivity contribution in [3.63, 3.8) is 0 Å². The number of benzene rings is 2. The number of carbonyl (C=O) groups is 2. The van der Waals surface area contributed by atoms with Crippen molar-refractivity contribution in [2.45, 2.75) is 25.3 Å². The van der Waals surface area contributed by atoms with Crippen molar-refractivity contribution < 1.29 is 19.1 Å². The Morgan fingerprint density at radius 1 is 1.14 bits per heavy atom. The van der Waals surface area contributed by atoms with Crippen LogP contribution < -0.4 is 4.74 Å². The third kappa shape index (κ3) is 6.14. The van der Waals surface area contributed by atoms with E-state index < -0.39 is 0 Å². The molecule has 0 N–H and O–H groups in total. The molecule has 1 atom stereocenters. The third-order valence-corrected chi connectivity index (χ3v) is 7.53. The molecule has 2 aliphatic heterocycles. The zero-order valence-corrected chi connectivity index (χ0v) is 21.9. The molecule has 9 heteroatoms. The van der Waals surface area contributed by atoms with E-state index in [0.29, 0.717) is 31.2 Å². The van der Waals surface area contributed by atoms with Gasteiger partial charge in [-0.2, -0.15) is 5.10 Å². The van der Waals surface area contributed by atoms with Crippen molar-refractivity contribution in [3.8, 4) is 5.75 Å². The summed E-state index contributed by atoms with van der Waals surface area (Å²) in [5.74, 6) is 0.612. The smallest absolute Gasteiger partial charge is 0.262 e. The van der Waals surface area contributed by atoms with E-state index in [9.17, 15) is 9.59 Å². The fraction of sp³-hybridized carbons (Fsp3) is 0.464. The van der Waals surface area contributed by atoms with Gasteiger partial charge >= 0.3 is 0 Å². The Morgan fingerprint density at radius 2 is 1.92 bits per heavy atom. The van der Waals surface area contributed by atoms with Gasteiger partial charge in [0.1, 0.15) is 12.3 Å². The summed E-state index contributed by atoms with van der Waals surface area (Å²) < 4.78 is 10.8. The second kappa shape index (κ2) is 11.6. The van der Waals surface area contributed by atoms with Crippen molar-refractivity contribution in [2.75, 3.05) is 53.0 Å². The Morgan fingerprint density at radius 3 is 2.65 bits per heavy atom. The molecule has 8 nitrogen and oxygen atoms in total. The molecule has 2 aromatic rings. The van der Waals surface area contributed by atoms with E-state index in [1.165, 1.54) is 5.01 Å². The summed E-state index contributed by atoms with van der Waals surface area (Å²) in [6, 6.07) is 14.9. The minimum absolute atomic E-state index is 0.00445. The fourth-order valence-corrected chi connectivity index (χ4v) is 5.14. The van der Waals surface area contributed by atoms with Crippen molar-refractivity contribution in [2.24, 2.45) is 11.0 Å². The van der Waals surface area contributed by atoms with Crippen LogP contribution in [0.25, 0.3) is 0 Å². The molecule has 0 aromatic heterocycles. The molecule has 3 aliphatic rings. The van der Waals surface area contributed by atoms with Gasteiger partial charge in [-0.05, 0) is 36.6 Å². The topological polar surface area (TPSA) is 74.7 Å². The maximum atomic E-state index is 13.8. The minimum Gasteiger partial charge on any atom is -0.497 e. The highest BCUT2D eigenvalue weighted by molar-refractivity contribution is 6.31. The van der Waals surface area contributed by atoms with Crippen molar-refractivity contribution >= 4 is 29.1 Å². The number of carbonyl (C=O) groups excluding carboxylic acids is 2. The van der Waals surface area contributed by atoms with E-state index in [2.05, 4.69) is 4.90 Å². The Hall–Kier alpha value is -2.94. The van der Waals surface area contributed by atoms with Gasteiger partial charge in [0.25, 0.3) is 5.91 Å². The fourth-order valence-electron chi connectivity index (χ4n) is 4.88. The Bertz CT molecular complexity index is 1160. The summed E-state index contributed by atoms with van der Waals surface area (Å²) in [4.78, 5) is 30.9.